The van der Waals surface area contributed by atoms with Crippen molar-refractivity contribution in [1.82, 2.24) is 5.32 Å². The molecule has 0 aliphatic carbocycles. The van der Waals surface area contributed by atoms with Crippen molar-refractivity contribution in [2.24, 2.45) is 0 Å². The fourth-order valence-electron chi connectivity index (χ4n) is 2.60. The Balaban J connectivity index is 2.36. The molecular weight excluding hydrogens is 282 g/mol. The SMILES string of the molecule is CC(=Cc1cc(C)c(-c2ccccc2)cc1C)C(=O)NC(C)C. The second kappa shape index (κ2) is 7.28. The molecule has 120 valence electrons. The first kappa shape index (κ1) is 17.0. The Labute approximate surface area is 139 Å². The van der Waals surface area contributed by atoms with Crippen molar-refractivity contribution in [1.29, 1.82) is 0 Å². The quantitative estimate of drug-likeness (QED) is 0.800. The van der Waals surface area contributed by atoms with Gasteiger partial charge in [0.15, 0.2) is 0 Å². The Kier molecular flexibility index (Phi) is 5.38. The molecule has 0 spiro atoms. The molecule has 2 aromatic rings. The summed E-state index contributed by atoms with van der Waals surface area (Å²) in [7, 11) is 0. The van der Waals surface area contributed by atoms with Crippen molar-refractivity contribution >= 4 is 12.0 Å². The summed E-state index contributed by atoms with van der Waals surface area (Å²) in [4.78, 5) is 12.1. The van der Waals surface area contributed by atoms with Crippen LogP contribution in [0.3, 0.4) is 0 Å². The molecule has 0 aromatic heterocycles. The van der Waals surface area contributed by atoms with Gasteiger partial charge in [-0.2, -0.15) is 0 Å². The second-order valence-electron chi connectivity index (χ2n) is 6.35. The van der Waals surface area contributed by atoms with Crippen LogP contribution in [0.15, 0.2) is 48.0 Å². The van der Waals surface area contributed by atoms with Crippen LogP contribution in [0, 0.1) is 13.8 Å². The van der Waals surface area contributed by atoms with Crippen molar-refractivity contribution in [3.8, 4) is 11.1 Å². The van der Waals surface area contributed by atoms with Gasteiger partial charge in [-0.25, -0.2) is 0 Å². The van der Waals surface area contributed by atoms with Gasteiger partial charge in [0.2, 0.25) is 5.91 Å². The highest BCUT2D eigenvalue weighted by molar-refractivity contribution is 5.97. The minimum absolute atomic E-state index is 0.0100. The Hall–Kier alpha value is -2.35. The van der Waals surface area contributed by atoms with Crippen molar-refractivity contribution in [2.75, 3.05) is 0 Å². The van der Waals surface area contributed by atoms with Crippen LogP contribution < -0.4 is 5.32 Å². The summed E-state index contributed by atoms with van der Waals surface area (Å²) in [5.41, 5.74) is 6.67. The van der Waals surface area contributed by atoms with E-state index < -0.39 is 0 Å². The van der Waals surface area contributed by atoms with E-state index in [2.05, 4.69) is 55.6 Å². The predicted octanol–water partition coefficient (Wildman–Crippen LogP) is 4.90. The van der Waals surface area contributed by atoms with Gasteiger partial charge in [-0.05, 0) is 68.5 Å². The van der Waals surface area contributed by atoms with Gasteiger partial charge in [-0.15, -0.1) is 0 Å². The van der Waals surface area contributed by atoms with Gasteiger partial charge in [0, 0.05) is 11.6 Å². The van der Waals surface area contributed by atoms with Crippen molar-refractivity contribution < 1.29 is 4.79 Å². The molecule has 2 heteroatoms. The van der Waals surface area contributed by atoms with E-state index in [0.717, 1.165) is 11.1 Å². The maximum atomic E-state index is 12.1. The van der Waals surface area contributed by atoms with Crippen molar-refractivity contribution in [3.63, 3.8) is 0 Å². The van der Waals surface area contributed by atoms with E-state index >= 15 is 0 Å². The highest BCUT2D eigenvalue weighted by Crippen LogP contribution is 2.27. The van der Waals surface area contributed by atoms with Crippen molar-refractivity contribution in [2.45, 2.75) is 40.7 Å². The minimum atomic E-state index is -0.0100. The zero-order valence-electron chi connectivity index (χ0n) is 14.6. The van der Waals surface area contributed by atoms with Crippen LogP contribution in [0.1, 0.15) is 37.5 Å². The lowest BCUT2D eigenvalue weighted by Gasteiger charge is -2.12. The van der Waals surface area contributed by atoms with Crippen LogP contribution in [0.4, 0.5) is 0 Å². The van der Waals surface area contributed by atoms with Crippen molar-refractivity contribution in [3.05, 3.63) is 64.7 Å². The molecule has 1 N–H and O–H groups in total. The fourth-order valence-corrected chi connectivity index (χ4v) is 2.60. The molecule has 0 saturated carbocycles. The van der Waals surface area contributed by atoms with Crippen LogP contribution in [-0.4, -0.2) is 11.9 Å². The van der Waals surface area contributed by atoms with Crippen LogP contribution in [0.2, 0.25) is 0 Å². The van der Waals surface area contributed by atoms with Gasteiger partial charge in [-0.1, -0.05) is 42.5 Å². The third kappa shape index (κ3) is 4.32. The van der Waals surface area contributed by atoms with E-state index in [1.807, 2.05) is 32.9 Å². The van der Waals surface area contributed by atoms with E-state index in [4.69, 9.17) is 0 Å². The van der Waals surface area contributed by atoms with E-state index in [9.17, 15) is 4.79 Å². The van der Waals surface area contributed by atoms with E-state index in [1.54, 1.807) is 0 Å². The highest BCUT2D eigenvalue weighted by Gasteiger charge is 2.09. The number of rotatable bonds is 4. The summed E-state index contributed by atoms with van der Waals surface area (Å²) in [5.74, 6) is -0.0100. The lowest BCUT2D eigenvalue weighted by molar-refractivity contribution is -0.117. The van der Waals surface area contributed by atoms with Crippen LogP contribution >= 0.6 is 0 Å². The van der Waals surface area contributed by atoms with Gasteiger partial charge in [0.25, 0.3) is 0 Å². The molecule has 2 aromatic carbocycles. The number of carbonyl (C=O) groups is 1. The van der Waals surface area contributed by atoms with Gasteiger partial charge >= 0.3 is 0 Å². The number of nitrogens with one attached hydrogen (secondary N) is 1. The largest absolute Gasteiger partial charge is 0.350 e. The molecule has 0 aliphatic heterocycles. The third-order valence-electron chi connectivity index (χ3n) is 3.85. The molecule has 2 nitrogen and oxygen atoms in total. The monoisotopic (exact) mass is 307 g/mol. The zero-order valence-corrected chi connectivity index (χ0v) is 14.6. The number of hydrogen-bond donors (Lipinski definition) is 1. The molecule has 1 amide bonds. The van der Waals surface area contributed by atoms with Crippen LogP contribution in [0.5, 0.6) is 0 Å². The molecule has 2 rings (SSSR count). The molecule has 0 aliphatic rings. The highest BCUT2D eigenvalue weighted by atomic mass is 16.1. The first-order chi connectivity index (χ1) is 10.9. The topological polar surface area (TPSA) is 29.1 Å². The molecule has 23 heavy (non-hydrogen) atoms. The molecule has 0 bridgehead atoms. The summed E-state index contributed by atoms with van der Waals surface area (Å²) >= 11 is 0. The summed E-state index contributed by atoms with van der Waals surface area (Å²) in [5, 5.41) is 2.93. The Morgan fingerprint density at radius 3 is 2.30 bits per heavy atom. The summed E-state index contributed by atoms with van der Waals surface area (Å²) in [6, 6.07) is 14.9. The number of amides is 1. The number of hydrogen-bond acceptors (Lipinski definition) is 1. The zero-order chi connectivity index (χ0) is 17.0. The summed E-state index contributed by atoms with van der Waals surface area (Å²) in [6.07, 6.45) is 1.97. The van der Waals surface area contributed by atoms with Crippen LogP contribution in [0.25, 0.3) is 17.2 Å². The van der Waals surface area contributed by atoms with Gasteiger partial charge in [-0.3, -0.25) is 4.79 Å². The molecule has 0 atom stereocenters. The lowest BCUT2D eigenvalue weighted by Crippen LogP contribution is -2.30. The lowest BCUT2D eigenvalue weighted by atomic mass is 9.94. The van der Waals surface area contributed by atoms with Gasteiger partial charge in [0.05, 0.1) is 0 Å². The number of aryl methyl sites for hydroxylation is 2. The molecule has 0 saturated heterocycles. The predicted molar refractivity (Wildman–Crippen MR) is 98.3 cm³/mol. The summed E-state index contributed by atoms with van der Waals surface area (Å²) in [6.45, 7) is 10.00. The summed E-state index contributed by atoms with van der Waals surface area (Å²) < 4.78 is 0. The normalized spacial score (nSPS) is 11.7. The van der Waals surface area contributed by atoms with Gasteiger partial charge < -0.3 is 5.32 Å². The molecule has 0 fully saturated rings. The first-order valence-corrected chi connectivity index (χ1v) is 8.04. The fraction of sp³-hybridized carbons (Fsp3) is 0.286. The molecule has 0 heterocycles. The average Bonchev–Trinajstić information content (AvgIpc) is 2.50. The number of carbonyl (C=O) groups excluding carboxylic acids is 1. The Bertz CT molecular complexity index is 727. The maximum absolute atomic E-state index is 12.1. The van der Waals surface area contributed by atoms with E-state index in [1.165, 1.54) is 22.3 Å². The third-order valence-corrected chi connectivity index (χ3v) is 3.85. The molecule has 0 radical (unpaired) electrons. The minimum Gasteiger partial charge on any atom is -0.350 e. The smallest absolute Gasteiger partial charge is 0.247 e. The standard InChI is InChI=1S/C21H25NO/c1-14(2)22-21(23)17(5)12-19-11-16(4)20(13-15(19)3)18-9-7-6-8-10-18/h6-14H,1-5H3,(H,22,23). The van der Waals surface area contributed by atoms with E-state index in [-0.39, 0.29) is 11.9 Å². The maximum Gasteiger partial charge on any atom is 0.247 e. The Morgan fingerprint density at radius 2 is 1.70 bits per heavy atom. The van der Waals surface area contributed by atoms with E-state index in [0.29, 0.717) is 0 Å². The molecular formula is C21H25NO. The Morgan fingerprint density at radius 1 is 1.04 bits per heavy atom. The second-order valence-corrected chi connectivity index (χ2v) is 6.35. The van der Waals surface area contributed by atoms with Crippen LogP contribution in [-0.2, 0) is 4.79 Å². The molecule has 0 unspecified atom stereocenters. The van der Waals surface area contributed by atoms with Gasteiger partial charge in [0.1, 0.15) is 0 Å². The first-order valence-electron chi connectivity index (χ1n) is 8.04. The number of benzene rings is 2. The average molecular weight is 307 g/mol.